The highest BCUT2D eigenvalue weighted by molar-refractivity contribution is 7.89. The smallest absolute Gasteiger partial charge is 0.244 e. The van der Waals surface area contributed by atoms with Crippen molar-refractivity contribution < 1.29 is 13.2 Å². The molecule has 0 bridgehead atoms. The molecule has 1 fully saturated rings. The molecule has 0 unspecified atom stereocenters. The van der Waals surface area contributed by atoms with Crippen molar-refractivity contribution in [3.8, 4) is 5.75 Å². The van der Waals surface area contributed by atoms with Gasteiger partial charge < -0.3 is 4.74 Å². The summed E-state index contributed by atoms with van der Waals surface area (Å²) < 4.78 is 33.3. The van der Waals surface area contributed by atoms with Crippen LogP contribution in [0.2, 0.25) is 0 Å². The van der Waals surface area contributed by atoms with Gasteiger partial charge in [0, 0.05) is 6.04 Å². The third-order valence-electron chi connectivity index (χ3n) is 3.62. The third-order valence-corrected chi connectivity index (χ3v) is 5.18. The van der Waals surface area contributed by atoms with Crippen LogP contribution < -0.4 is 9.46 Å². The van der Waals surface area contributed by atoms with Crippen molar-refractivity contribution in [3.63, 3.8) is 0 Å². The molecule has 1 saturated carbocycles. The Morgan fingerprint density at radius 2 is 1.95 bits per heavy atom. The molecule has 0 atom stereocenters. The summed E-state index contributed by atoms with van der Waals surface area (Å²) in [6, 6.07) is 5.27. The van der Waals surface area contributed by atoms with Crippen molar-refractivity contribution in [1.82, 2.24) is 4.72 Å². The minimum Gasteiger partial charge on any atom is -0.492 e. The van der Waals surface area contributed by atoms with Gasteiger partial charge in [-0.3, -0.25) is 0 Å². The predicted molar refractivity (Wildman–Crippen MR) is 79.5 cm³/mol. The maximum atomic E-state index is 12.5. The Hall–Kier alpha value is -1.07. The molecule has 0 spiro atoms. The van der Waals surface area contributed by atoms with E-state index in [9.17, 15) is 8.42 Å². The Morgan fingerprint density at radius 3 is 2.60 bits per heavy atom. The molecule has 0 radical (unpaired) electrons. The quantitative estimate of drug-likeness (QED) is 0.909. The standard InChI is InChI=1S/C15H23NO3S/c1-3-19-14-11-12(2)9-10-15(14)20(17,18)16-13-7-5-4-6-8-13/h9-11,13,16H,3-8H2,1-2H3. The molecule has 2 rings (SSSR count). The van der Waals surface area contributed by atoms with Gasteiger partial charge in [-0.05, 0) is 44.4 Å². The lowest BCUT2D eigenvalue weighted by Crippen LogP contribution is -2.36. The Kier molecular flexibility index (Phi) is 5.05. The van der Waals surface area contributed by atoms with Gasteiger partial charge in [0.15, 0.2) is 0 Å². The first-order chi connectivity index (χ1) is 9.53. The van der Waals surface area contributed by atoms with E-state index in [4.69, 9.17) is 4.74 Å². The summed E-state index contributed by atoms with van der Waals surface area (Å²) >= 11 is 0. The van der Waals surface area contributed by atoms with E-state index >= 15 is 0 Å². The Balaban J connectivity index is 2.23. The highest BCUT2D eigenvalue weighted by atomic mass is 32.2. The van der Waals surface area contributed by atoms with Gasteiger partial charge in [0.1, 0.15) is 10.6 Å². The van der Waals surface area contributed by atoms with E-state index in [0.29, 0.717) is 12.4 Å². The fourth-order valence-corrected chi connectivity index (χ4v) is 4.04. The van der Waals surface area contributed by atoms with Crippen molar-refractivity contribution in [2.75, 3.05) is 6.61 Å². The lowest BCUT2D eigenvalue weighted by atomic mass is 9.96. The molecule has 5 heteroatoms. The van der Waals surface area contributed by atoms with Crippen molar-refractivity contribution in [1.29, 1.82) is 0 Å². The van der Waals surface area contributed by atoms with E-state index in [1.54, 1.807) is 18.2 Å². The molecule has 0 saturated heterocycles. The molecule has 112 valence electrons. The molecule has 1 aliphatic rings. The molecule has 1 aromatic rings. The molecular formula is C15H23NO3S. The number of ether oxygens (including phenoxy) is 1. The molecule has 0 heterocycles. The van der Waals surface area contributed by atoms with Crippen LogP contribution in [0.15, 0.2) is 23.1 Å². The summed E-state index contributed by atoms with van der Waals surface area (Å²) in [5.74, 6) is 0.441. The number of hydrogen-bond acceptors (Lipinski definition) is 3. The van der Waals surface area contributed by atoms with Crippen LogP contribution in [0.5, 0.6) is 5.75 Å². The first kappa shape index (κ1) is 15.3. The summed E-state index contributed by atoms with van der Waals surface area (Å²) in [5, 5.41) is 0. The third kappa shape index (κ3) is 3.73. The van der Waals surface area contributed by atoms with Crippen LogP contribution >= 0.6 is 0 Å². The van der Waals surface area contributed by atoms with E-state index < -0.39 is 10.0 Å². The van der Waals surface area contributed by atoms with E-state index in [-0.39, 0.29) is 10.9 Å². The van der Waals surface area contributed by atoms with Crippen LogP contribution in [0.3, 0.4) is 0 Å². The van der Waals surface area contributed by atoms with Gasteiger partial charge >= 0.3 is 0 Å². The molecule has 1 N–H and O–H groups in total. The normalized spacial score (nSPS) is 17.1. The molecule has 1 aromatic carbocycles. The minimum absolute atomic E-state index is 0.0597. The lowest BCUT2D eigenvalue weighted by molar-refractivity contribution is 0.330. The van der Waals surface area contributed by atoms with Crippen molar-refractivity contribution in [2.24, 2.45) is 0 Å². The fraction of sp³-hybridized carbons (Fsp3) is 0.600. The molecule has 4 nitrogen and oxygen atoms in total. The van der Waals surface area contributed by atoms with Crippen LogP contribution in [0.4, 0.5) is 0 Å². The topological polar surface area (TPSA) is 55.4 Å². The zero-order valence-electron chi connectivity index (χ0n) is 12.2. The summed E-state index contributed by atoms with van der Waals surface area (Å²) in [6.07, 6.45) is 5.25. The van der Waals surface area contributed by atoms with Gasteiger partial charge in [0.25, 0.3) is 0 Å². The number of aryl methyl sites for hydroxylation is 1. The number of nitrogens with one attached hydrogen (secondary N) is 1. The average molecular weight is 297 g/mol. The van der Waals surface area contributed by atoms with Crippen LogP contribution in [0.1, 0.15) is 44.6 Å². The number of hydrogen-bond donors (Lipinski definition) is 1. The van der Waals surface area contributed by atoms with Crippen molar-refractivity contribution in [2.45, 2.75) is 56.9 Å². The molecule has 0 amide bonds. The summed E-state index contributed by atoms with van der Waals surface area (Å²) in [4.78, 5) is 0.246. The maximum Gasteiger partial charge on any atom is 0.244 e. The Labute approximate surface area is 121 Å². The highest BCUT2D eigenvalue weighted by Gasteiger charge is 2.24. The largest absolute Gasteiger partial charge is 0.492 e. The minimum atomic E-state index is -3.50. The molecule has 0 aliphatic heterocycles. The zero-order chi connectivity index (χ0) is 14.6. The van der Waals surface area contributed by atoms with Gasteiger partial charge in [-0.15, -0.1) is 0 Å². The average Bonchev–Trinajstić information content (AvgIpc) is 2.39. The van der Waals surface area contributed by atoms with Crippen LogP contribution in [-0.2, 0) is 10.0 Å². The number of rotatable bonds is 5. The summed E-state index contributed by atoms with van der Waals surface area (Å²) in [6.45, 7) is 4.23. The van der Waals surface area contributed by atoms with E-state index in [0.717, 1.165) is 31.2 Å². The molecule has 20 heavy (non-hydrogen) atoms. The van der Waals surface area contributed by atoms with Gasteiger partial charge in [0.2, 0.25) is 10.0 Å². The Morgan fingerprint density at radius 1 is 1.25 bits per heavy atom. The SMILES string of the molecule is CCOc1cc(C)ccc1S(=O)(=O)NC1CCCCC1. The van der Waals surface area contributed by atoms with Crippen LogP contribution in [0, 0.1) is 6.92 Å². The van der Waals surface area contributed by atoms with Crippen LogP contribution in [-0.4, -0.2) is 21.1 Å². The second-order valence-electron chi connectivity index (χ2n) is 5.34. The van der Waals surface area contributed by atoms with Gasteiger partial charge in [-0.25, -0.2) is 13.1 Å². The highest BCUT2D eigenvalue weighted by Crippen LogP contribution is 2.27. The molecular weight excluding hydrogens is 274 g/mol. The van der Waals surface area contributed by atoms with Crippen molar-refractivity contribution in [3.05, 3.63) is 23.8 Å². The lowest BCUT2D eigenvalue weighted by Gasteiger charge is -2.23. The fourth-order valence-electron chi connectivity index (χ4n) is 2.61. The second-order valence-corrected chi connectivity index (χ2v) is 7.02. The number of sulfonamides is 1. The maximum absolute atomic E-state index is 12.5. The van der Waals surface area contributed by atoms with E-state index in [2.05, 4.69) is 4.72 Å². The zero-order valence-corrected chi connectivity index (χ0v) is 13.0. The first-order valence-corrected chi connectivity index (χ1v) is 8.77. The van der Waals surface area contributed by atoms with E-state index in [1.165, 1.54) is 6.42 Å². The van der Waals surface area contributed by atoms with E-state index in [1.807, 2.05) is 13.8 Å². The Bertz CT molecular complexity index is 548. The van der Waals surface area contributed by atoms with Gasteiger partial charge in [-0.2, -0.15) is 0 Å². The monoisotopic (exact) mass is 297 g/mol. The summed E-state index contributed by atoms with van der Waals surface area (Å²) in [7, 11) is -3.50. The molecule has 1 aliphatic carbocycles. The molecule has 0 aromatic heterocycles. The first-order valence-electron chi connectivity index (χ1n) is 7.28. The van der Waals surface area contributed by atoms with Gasteiger partial charge in [0.05, 0.1) is 6.61 Å². The summed E-state index contributed by atoms with van der Waals surface area (Å²) in [5.41, 5.74) is 0.991. The van der Waals surface area contributed by atoms with Crippen LogP contribution in [0.25, 0.3) is 0 Å². The second kappa shape index (κ2) is 6.59. The predicted octanol–water partition coefficient (Wildman–Crippen LogP) is 3.00. The van der Waals surface area contributed by atoms with Crippen molar-refractivity contribution >= 4 is 10.0 Å². The van der Waals surface area contributed by atoms with Gasteiger partial charge in [-0.1, -0.05) is 25.3 Å². The number of benzene rings is 1.